The molecule has 0 aliphatic rings. The third-order valence-corrected chi connectivity index (χ3v) is 4.04. The van der Waals surface area contributed by atoms with Crippen LogP contribution in [0.3, 0.4) is 0 Å². The Balaban J connectivity index is 1.75. The van der Waals surface area contributed by atoms with Crippen LogP contribution in [-0.4, -0.2) is 24.6 Å². The maximum atomic E-state index is 12.7. The number of hydrogen-bond acceptors (Lipinski definition) is 6. The number of hydrazone groups is 1. The molecule has 28 heavy (non-hydrogen) atoms. The second-order valence-electron chi connectivity index (χ2n) is 5.82. The van der Waals surface area contributed by atoms with Crippen molar-refractivity contribution < 1.29 is 19.1 Å². The summed E-state index contributed by atoms with van der Waals surface area (Å²) in [4.78, 5) is 24.8. The van der Waals surface area contributed by atoms with Crippen LogP contribution in [0, 0.1) is 0 Å². The van der Waals surface area contributed by atoms with Gasteiger partial charge in [0.25, 0.3) is 0 Å². The van der Waals surface area contributed by atoms with Gasteiger partial charge in [0.05, 0.1) is 12.7 Å². The number of carbonyl (C=O) groups excluding carboxylic acids is 2. The minimum absolute atomic E-state index is 0.103. The predicted octanol–water partition coefficient (Wildman–Crippen LogP) is 3.46. The van der Waals surface area contributed by atoms with E-state index in [9.17, 15) is 9.59 Å². The number of Topliss-reactive ketones (excluding diaryl/α,β-unsaturated/α-hetero) is 1. The number of ketones is 1. The smallest absolute Gasteiger partial charge is 0.343 e. The first-order valence-electron chi connectivity index (χ1n) is 8.46. The summed E-state index contributed by atoms with van der Waals surface area (Å²) in [5, 5.41) is 3.64. The van der Waals surface area contributed by atoms with E-state index in [0.717, 1.165) is 0 Å². The third-order valence-electron chi connectivity index (χ3n) is 4.04. The molecule has 0 amide bonds. The summed E-state index contributed by atoms with van der Waals surface area (Å²) in [6, 6.07) is 21.8. The Morgan fingerprint density at radius 2 is 1.32 bits per heavy atom. The molecule has 0 saturated heterocycles. The first-order valence-corrected chi connectivity index (χ1v) is 8.46. The van der Waals surface area contributed by atoms with Crippen molar-refractivity contribution in [3.63, 3.8) is 0 Å². The fraction of sp³-hybridized carbons (Fsp3) is 0.0455. The number of hydrogen-bond donors (Lipinski definition) is 1. The van der Waals surface area contributed by atoms with Gasteiger partial charge in [0.2, 0.25) is 5.78 Å². The quantitative estimate of drug-likeness (QED) is 0.178. The first-order chi connectivity index (χ1) is 13.6. The van der Waals surface area contributed by atoms with Gasteiger partial charge in [-0.25, -0.2) is 4.79 Å². The van der Waals surface area contributed by atoms with Crippen LogP contribution in [0.15, 0.2) is 84.0 Å². The van der Waals surface area contributed by atoms with Crippen molar-refractivity contribution in [2.45, 2.75) is 0 Å². The molecule has 0 atom stereocenters. The van der Waals surface area contributed by atoms with Crippen LogP contribution < -0.4 is 15.3 Å². The number of rotatable bonds is 6. The largest absolute Gasteiger partial charge is 0.497 e. The van der Waals surface area contributed by atoms with Gasteiger partial charge in [-0.2, -0.15) is 5.10 Å². The van der Waals surface area contributed by atoms with E-state index >= 15 is 0 Å². The molecule has 0 aliphatic carbocycles. The molecule has 3 aromatic rings. The van der Waals surface area contributed by atoms with Crippen molar-refractivity contribution in [3.8, 4) is 11.5 Å². The highest BCUT2D eigenvalue weighted by Gasteiger charge is 2.17. The van der Waals surface area contributed by atoms with Gasteiger partial charge < -0.3 is 15.3 Å². The number of methoxy groups -OCH3 is 1. The van der Waals surface area contributed by atoms with Crippen LogP contribution in [0.2, 0.25) is 0 Å². The number of ether oxygens (including phenoxy) is 2. The van der Waals surface area contributed by atoms with E-state index in [0.29, 0.717) is 28.2 Å². The fourth-order valence-corrected chi connectivity index (χ4v) is 2.56. The molecule has 0 unspecified atom stereocenters. The van der Waals surface area contributed by atoms with Gasteiger partial charge in [0.1, 0.15) is 17.2 Å². The van der Waals surface area contributed by atoms with Crippen LogP contribution in [0.25, 0.3) is 0 Å². The van der Waals surface area contributed by atoms with Crippen molar-refractivity contribution in [3.05, 3.63) is 95.6 Å². The molecule has 0 spiro atoms. The lowest BCUT2D eigenvalue weighted by molar-refractivity contribution is 0.0734. The van der Waals surface area contributed by atoms with Gasteiger partial charge in [-0.3, -0.25) is 4.79 Å². The predicted molar refractivity (Wildman–Crippen MR) is 106 cm³/mol. The van der Waals surface area contributed by atoms with Gasteiger partial charge in [0.15, 0.2) is 0 Å². The SMILES string of the molecule is COc1ccc(C(=O)/C(=N/N)c2ccc(OC(=O)c3ccccc3)cc2)cc1. The molecule has 0 fully saturated rings. The van der Waals surface area contributed by atoms with E-state index in [1.54, 1.807) is 79.9 Å². The Bertz CT molecular complexity index is 995. The van der Waals surface area contributed by atoms with E-state index in [-0.39, 0.29) is 11.5 Å². The zero-order valence-corrected chi connectivity index (χ0v) is 15.2. The number of nitrogens with two attached hydrogens (primary N) is 1. The van der Waals surface area contributed by atoms with Gasteiger partial charge in [0, 0.05) is 11.1 Å². The lowest BCUT2D eigenvalue weighted by atomic mass is 10.0. The number of esters is 1. The minimum atomic E-state index is -0.463. The van der Waals surface area contributed by atoms with Crippen molar-refractivity contribution in [1.29, 1.82) is 0 Å². The Hall–Kier alpha value is -3.93. The van der Waals surface area contributed by atoms with Crippen LogP contribution in [0.4, 0.5) is 0 Å². The second-order valence-corrected chi connectivity index (χ2v) is 5.82. The zero-order chi connectivity index (χ0) is 19.9. The summed E-state index contributed by atoms with van der Waals surface area (Å²) in [6.07, 6.45) is 0. The molecule has 3 aromatic carbocycles. The molecular weight excluding hydrogens is 356 g/mol. The van der Waals surface area contributed by atoms with Crippen LogP contribution >= 0.6 is 0 Å². The molecule has 0 aromatic heterocycles. The van der Waals surface area contributed by atoms with Crippen molar-refractivity contribution in [2.24, 2.45) is 10.9 Å². The Kier molecular flexibility index (Phi) is 5.81. The van der Waals surface area contributed by atoms with Crippen LogP contribution in [-0.2, 0) is 0 Å². The normalized spacial score (nSPS) is 11.0. The molecule has 3 rings (SSSR count). The van der Waals surface area contributed by atoms with Crippen molar-refractivity contribution in [1.82, 2.24) is 0 Å². The van der Waals surface area contributed by atoms with Gasteiger partial charge in [-0.05, 0) is 60.7 Å². The monoisotopic (exact) mass is 374 g/mol. The molecule has 140 valence electrons. The molecule has 6 nitrogen and oxygen atoms in total. The van der Waals surface area contributed by atoms with Gasteiger partial charge in [-0.15, -0.1) is 0 Å². The number of nitrogens with zero attached hydrogens (tertiary/aromatic N) is 1. The molecule has 0 radical (unpaired) electrons. The molecule has 0 saturated carbocycles. The minimum Gasteiger partial charge on any atom is -0.497 e. The topological polar surface area (TPSA) is 91.0 Å². The number of benzene rings is 3. The third kappa shape index (κ3) is 4.24. The first kappa shape index (κ1) is 18.8. The second kappa shape index (κ2) is 8.64. The Morgan fingerprint density at radius 3 is 1.89 bits per heavy atom. The maximum Gasteiger partial charge on any atom is 0.343 e. The lowest BCUT2D eigenvalue weighted by Crippen LogP contribution is -2.18. The summed E-state index contributed by atoms with van der Waals surface area (Å²) in [5.41, 5.74) is 1.50. The maximum absolute atomic E-state index is 12.7. The van der Waals surface area contributed by atoms with Crippen molar-refractivity contribution in [2.75, 3.05) is 7.11 Å². The highest BCUT2D eigenvalue weighted by molar-refractivity contribution is 6.51. The Labute approximate surface area is 162 Å². The van der Waals surface area contributed by atoms with E-state index in [1.165, 1.54) is 0 Å². The van der Waals surface area contributed by atoms with Gasteiger partial charge in [-0.1, -0.05) is 18.2 Å². The van der Waals surface area contributed by atoms with E-state index < -0.39 is 5.97 Å². The standard InChI is InChI=1S/C22H18N2O4/c1-27-18-11-9-16(10-12-18)21(25)20(24-23)15-7-13-19(14-8-15)28-22(26)17-5-3-2-4-6-17/h2-14H,23H2,1H3/b24-20+. The lowest BCUT2D eigenvalue weighted by Gasteiger charge is -2.08. The van der Waals surface area contributed by atoms with Crippen LogP contribution in [0.5, 0.6) is 11.5 Å². The molecule has 2 N–H and O–H groups in total. The summed E-state index contributed by atoms with van der Waals surface area (Å²) in [7, 11) is 1.55. The zero-order valence-electron chi connectivity index (χ0n) is 15.2. The summed E-state index contributed by atoms with van der Waals surface area (Å²) < 4.78 is 10.4. The summed E-state index contributed by atoms with van der Waals surface area (Å²) >= 11 is 0. The average molecular weight is 374 g/mol. The van der Waals surface area contributed by atoms with E-state index in [1.807, 2.05) is 6.07 Å². The highest BCUT2D eigenvalue weighted by atomic mass is 16.5. The van der Waals surface area contributed by atoms with E-state index in [4.69, 9.17) is 15.3 Å². The summed E-state index contributed by atoms with van der Waals surface area (Å²) in [6.45, 7) is 0. The van der Waals surface area contributed by atoms with Crippen molar-refractivity contribution >= 4 is 17.5 Å². The van der Waals surface area contributed by atoms with Gasteiger partial charge >= 0.3 is 5.97 Å². The highest BCUT2D eigenvalue weighted by Crippen LogP contribution is 2.18. The molecule has 6 heteroatoms. The average Bonchev–Trinajstić information content (AvgIpc) is 2.76. The molecule has 0 aliphatic heterocycles. The molecule has 0 bridgehead atoms. The molecular formula is C22H18N2O4. The number of carbonyl (C=O) groups is 2. The summed E-state index contributed by atoms with van der Waals surface area (Å²) in [5.74, 6) is 5.67. The molecule has 0 heterocycles. The van der Waals surface area contributed by atoms with E-state index in [2.05, 4.69) is 5.10 Å². The Morgan fingerprint density at radius 1 is 0.750 bits per heavy atom. The van der Waals surface area contributed by atoms with Crippen LogP contribution in [0.1, 0.15) is 26.3 Å². The fourth-order valence-electron chi connectivity index (χ4n) is 2.56.